The molecule has 3 unspecified atom stereocenters. The van der Waals surface area contributed by atoms with Crippen LogP contribution >= 0.6 is 15.9 Å². The molecule has 4 nitrogen and oxygen atoms in total. The van der Waals surface area contributed by atoms with Crippen molar-refractivity contribution in [3.8, 4) is 0 Å². The van der Waals surface area contributed by atoms with Crippen LogP contribution in [0.1, 0.15) is 31.2 Å². The zero-order chi connectivity index (χ0) is 15.0. The van der Waals surface area contributed by atoms with Gasteiger partial charge in [0.2, 0.25) is 10.0 Å². The summed E-state index contributed by atoms with van der Waals surface area (Å²) in [6.45, 7) is 0.440. The molecule has 0 spiro atoms. The first-order valence-corrected chi connectivity index (χ1v) is 9.66. The van der Waals surface area contributed by atoms with E-state index in [0.717, 1.165) is 12.3 Å². The summed E-state index contributed by atoms with van der Waals surface area (Å²) in [4.78, 5) is 0.239. The molecule has 2 fully saturated rings. The number of rotatable bonds is 5. The molecule has 2 bridgehead atoms. The first-order valence-electron chi connectivity index (χ1n) is 7.38. The summed E-state index contributed by atoms with van der Waals surface area (Å²) in [6.07, 6.45) is 5.02. The summed E-state index contributed by atoms with van der Waals surface area (Å²) in [5.41, 5.74) is 0.689. The van der Waals surface area contributed by atoms with Crippen LogP contribution in [-0.2, 0) is 16.6 Å². The van der Waals surface area contributed by atoms with Crippen molar-refractivity contribution in [3.05, 3.63) is 28.2 Å². The van der Waals surface area contributed by atoms with E-state index in [0.29, 0.717) is 28.4 Å². The Morgan fingerprint density at radius 3 is 2.67 bits per heavy atom. The van der Waals surface area contributed by atoms with Gasteiger partial charge < -0.3 is 5.11 Å². The molecule has 3 rings (SSSR count). The lowest BCUT2D eigenvalue weighted by molar-refractivity contribution is 0.281. The standard InChI is InChI=1S/C15H20BrNO3S/c16-14-7-11(9-18)2-4-15(14)21(19,20)17-8-13-6-10-1-3-12(13)5-10/h2,4,7,10,12-13,17-18H,1,3,5-6,8-9H2. The third-order valence-electron chi connectivity index (χ3n) is 4.89. The van der Waals surface area contributed by atoms with E-state index in [1.165, 1.54) is 19.3 Å². The minimum Gasteiger partial charge on any atom is -0.392 e. The molecule has 1 aromatic rings. The molecule has 6 heteroatoms. The second-order valence-electron chi connectivity index (χ2n) is 6.21. The Kier molecular flexibility index (Phi) is 4.41. The lowest BCUT2D eigenvalue weighted by Gasteiger charge is -2.22. The van der Waals surface area contributed by atoms with Crippen molar-refractivity contribution in [2.75, 3.05) is 6.54 Å². The van der Waals surface area contributed by atoms with Gasteiger partial charge in [-0.3, -0.25) is 0 Å². The molecule has 3 atom stereocenters. The molecule has 0 heterocycles. The number of nitrogens with one attached hydrogen (secondary N) is 1. The summed E-state index contributed by atoms with van der Waals surface area (Å²) in [5, 5.41) is 9.08. The molecule has 0 aliphatic heterocycles. The van der Waals surface area contributed by atoms with E-state index in [-0.39, 0.29) is 11.5 Å². The fourth-order valence-electron chi connectivity index (χ4n) is 3.78. The molecule has 0 saturated heterocycles. The fraction of sp³-hybridized carbons (Fsp3) is 0.600. The van der Waals surface area contributed by atoms with E-state index < -0.39 is 10.0 Å². The lowest BCUT2D eigenvalue weighted by atomic mass is 9.89. The van der Waals surface area contributed by atoms with Gasteiger partial charge in [-0.1, -0.05) is 12.5 Å². The number of fused-ring (bicyclic) bond motifs is 2. The first-order chi connectivity index (χ1) is 9.99. The molecule has 21 heavy (non-hydrogen) atoms. The van der Waals surface area contributed by atoms with Crippen LogP contribution in [0.5, 0.6) is 0 Å². The van der Waals surface area contributed by atoms with Gasteiger partial charge in [-0.2, -0.15) is 0 Å². The van der Waals surface area contributed by atoms with Crippen LogP contribution in [0.3, 0.4) is 0 Å². The van der Waals surface area contributed by atoms with Gasteiger partial charge >= 0.3 is 0 Å². The van der Waals surface area contributed by atoms with Crippen LogP contribution in [0.15, 0.2) is 27.6 Å². The Hall–Kier alpha value is -0.430. The van der Waals surface area contributed by atoms with Gasteiger partial charge in [0.05, 0.1) is 11.5 Å². The van der Waals surface area contributed by atoms with Crippen LogP contribution in [-0.4, -0.2) is 20.1 Å². The summed E-state index contributed by atoms with van der Waals surface area (Å²) < 4.78 is 28.1. The number of hydrogen-bond acceptors (Lipinski definition) is 3. The Morgan fingerprint density at radius 2 is 2.10 bits per heavy atom. The monoisotopic (exact) mass is 373 g/mol. The van der Waals surface area contributed by atoms with Crippen molar-refractivity contribution >= 4 is 26.0 Å². The summed E-state index contributed by atoms with van der Waals surface area (Å²) in [6, 6.07) is 4.82. The van der Waals surface area contributed by atoms with Gasteiger partial charge in [0.15, 0.2) is 0 Å². The number of benzene rings is 1. The highest BCUT2D eigenvalue weighted by atomic mass is 79.9. The van der Waals surface area contributed by atoms with Gasteiger partial charge in [-0.25, -0.2) is 13.1 Å². The number of hydrogen-bond donors (Lipinski definition) is 2. The zero-order valence-corrected chi connectivity index (χ0v) is 14.2. The van der Waals surface area contributed by atoms with Crippen molar-refractivity contribution in [1.29, 1.82) is 0 Å². The van der Waals surface area contributed by atoms with Crippen LogP contribution in [0.25, 0.3) is 0 Å². The molecule has 2 aliphatic carbocycles. The molecule has 116 valence electrons. The zero-order valence-electron chi connectivity index (χ0n) is 11.8. The van der Waals surface area contributed by atoms with Gasteiger partial charge in [0, 0.05) is 11.0 Å². The molecule has 0 radical (unpaired) electrons. The number of aliphatic hydroxyl groups excluding tert-OH is 1. The molecule has 1 aromatic carbocycles. The highest BCUT2D eigenvalue weighted by Crippen LogP contribution is 2.48. The van der Waals surface area contributed by atoms with E-state index in [1.54, 1.807) is 18.2 Å². The predicted octanol–water partition coefficient (Wildman–Crippen LogP) is 2.66. The SMILES string of the molecule is O=S(=O)(NCC1CC2CCC1C2)c1ccc(CO)cc1Br. The molecule has 0 amide bonds. The maximum atomic E-state index is 12.4. The van der Waals surface area contributed by atoms with Crippen LogP contribution in [0.2, 0.25) is 0 Å². The second-order valence-corrected chi connectivity index (χ2v) is 8.80. The highest BCUT2D eigenvalue weighted by Gasteiger charge is 2.39. The fourth-order valence-corrected chi connectivity index (χ4v) is 6.00. The molecule has 0 aromatic heterocycles. The Labute approximate surface area is 134 Å². The smallest absolute Gasteiger partial charge is 0.241 e. The molecular formula is C15H20BrNO3S. The third kappa shape index (κ3) is 3.18. The number of halogens is 1. The minimum absolute atomic E-state index is 0.0997. The minimum atomic E-state index is -3.50. The second kappa shape index (κ2) is 5.99. The normalized spacial score (nSPS) is 28.2. The molecular weight excluding hydrogens is 354 g/mol. The van der Waals surface area contributed by atoms with Crippen molar-refractivity contribution in [1.82, 2.24) is 4.72 Å². The lowest BCUT2D eigenvalue weighted by Crippen LogP contribution is -2.31. The van der Waals surface area contributed by atoms with E-state index in [1.807, 2.05) is 0 Å². The first kappa shape index (κ1) is 15.5. The maximum Gasteiger partial charge on any atom is 0.241 e. The van der Waals surface area contributed by atoms with Gasteiger partial charge in [-0.05, 0) is 70.6 Å². The molecule has 2 aliphatic rings. The van der Waals surface area contributed by atoms with Gasteiger partial charge in [-0.15, -0.1) is 0 Å². The predicted molar refractivity (Wildman–Crippen MR) is 84.2 cm³/mol. The summed E-state index contributed by atoms with van der Waals surface area (Å²) in [5.74, 6) is 2.02. The largest absolute Gasteiger partial charge is 0.392 e. The molecule has 2 saturated carbocycles. The maximum absolute atomic E-state index is 12.4. The average Bonchev–Trinajstić information content (AvgIpc) is 3.07. The van der Waals surface area contributed by atoms with E-state index >= 15 is 0 Å². The van der Waals surface area contributed by atoms with Crippen molar-refractivity contribution in [2.24, 2.45) is 17.8 Å². The van der Waals surface area contributed by atoms with E-state index in [2.05, 4.69) is 20.7 Å². The van der Waals surface area contributed by atoms with Crippen molar-refractivity contribution in [3.63, 3.8) is 0 Å². The van der Waals surface area contributed by atoms with Crippen molar-refractivity contribution in [2.45, 2.75) is 37.2 Å². The average molecular weight is 374 g/mol. The van der Waals surface area contributed by atoms with Gasteiger partial charge in [0.25, 0.3) is 0 Å². The van der Waals surface area contributed by atoms with Crippen LogP contribution < -0.4 is 4.72 Å². The number of aliphatic hydroxyl groups is 1. The molecule has 2 N–H and O–H groups in total. The topological polar surface area (TPSA) is 66.4 Å². The Bertz CT molecular complexity index is 632. The Morgan fingerprint density at radius 1 is 1.29 bits per heavy atom. The third-order valence-corrected chi connectivity index (χ3v) is 7.29. The number of sulfonamides is 1. The highest BCUT2D eigenvalue weighted by molar-refractivity contribution is 9.10. The summed E-state index contributed by atoms with van der Waals surface area (Å²) in [7, 11) is -3.50. The Balaban J connectivity index is 1.69. The van der Waals surface area contributed by atoms with E-state index in [4.69, 9.17) is 5.11 Å². The summed E-state index contributed by atoms with van der Waals surface area (Å²) >= 11 is 3.28. The van der Waals surface area contributed by atoms with E-state index in [9.17, 15) is 8.42 Å². The van der Waals surface area contributed by atoms with Crippen LogP contribution in [0, 0.1) is 17.8 Å². The quantitative estimate of drug-likeness (QED) is 0.833. The van der Waals surface area contributed by atoms with Gasteiger partial charge in [0.1, 0.15) is 0 Å². The van der Waals surface area contributed by atoms with Crippen molar-refractivity contribution < 1.29 is 13.5 Å². The van der Waals surface area contributed by atoms with Crippen LogP contribution in [0.4, 0.5) is 0 Å².